The van der Waals surface area contributed by atoms with E-state index in [1.807, 2.05) is 41.1 Å². The van der Waals surface area contributed by atoms with Gasteiger partial charge in [0, 0.05) is 12.7 Å². The number of hydrogen-bond acceptors (Lipinski definition) is 3. The van der Waals surface area contributed by atoms with Gasteiger partial charge in [-0.3, -0.25) is 4.79 Å². The van der Waals surface area contributed by atoms with Gasteiger partial charge < -0.3 is 14.6 Å². The van der Waals surface area contributed by atoms with Crippen LogP contribution in [-0.2, 0) is 16.1 Å². The highest BCUT2D eigenvalue weighted by Gasteiger charge is 2.18. The fourth-order valence-electron chi connectivity index (χ4n) is 2.04. The van der Waals surface area contributed by atoms with Crippen molar-refractivity contribution in [3.05, 3.63) is 59.9 Å². The number of esters is 1. The molecule has 0 saturated heterocycles. The van der Waals surface area contributed by atoms with Gasteiger partial charge in [-0.15, -0.1) is 0 Å². The number of ether oxygens (including phenoxy) is 1. The lowest BCUT2D eigenvalue weighted by molar-refractivity contribution is -0.142. The van der Waals surface area contributed by atoms with Gasteiger partial charge in [-0.05, 0) is 24.6 Å². The van der Waals surface area contributed by atoms with Gasteiger partial charge >= 0.3 is 5.97 Å². The van der Waals surface area contributed by atoms with E-state index in [4.69, 9.17) is 0 Å². The summed E-state index contributed by atoms with van der Waals surface area (Å²) in [5.41, 5.74) is 1.61. The van der Waals surface area contributed by atoms with E-state index in [2.05, 4.69) is 10.1 Å². The second kappa shape index (κ2) is 6.74. The number of carbonyl (C=O) groups excluding carboxylic acids is 2. The molecule has 1 aromatic carbocycles. The van der Waals surface area contributed by atoms with Crippen molar-refractivity contribution in [2.24, 2.45) is 0 Å². The molecular weight excluding hydrogens is 268 g/mol. The maximum absolute atomic E-state index is 12.2. The molecule has 21 heavy (non-hydrogen) atoms. The fourth-order valence-corrected chi connectivity index (χ4v) is 2.04. The van der Waals surface area contributed by atoms with E-state index in [0.29, 0.717) is 12.2 Å². The van der Waals surface area contributed by atoms with Crippen LogP contribution in [0.25, 0.3) is 0 Å². The second-order valence-electron chi connectivity index (χ2n) is 4.73. The first-order chi connectivity index (χ1) is 10.1. The minimum atomic E-state index is -0.678. The summed E-state index contributed by atoms with van der Waals surface area (Å²) in [5, 5.41) is 2.62. The van der Waals surface area contributed by atoms with Crippen LogP contribution in [0.2, 0.25) is 0 Å². The van der Waals surface area contributed by atoms with Crippen LogP contribution in [-0.4, -0.2) is 29.6 Å². The Hall–Kier alpha value is -2.56. The summed E-state index contributed by atoms with van der Waals surface area (Å²) in [6.07, 6.45) is 1.84. The Labute approximate surface area is 123 Å². The highest BCUT2D eigenvalue weighted by Crippen LogP contribution is 2.08. The van der Waals surface area contributed by atoms with Gasteiger partial charge in [-0.2, -0.15) is 0 Å². The normalized spacial score (nSPS) is 11.7. The van der Waals surface area contributed by atoms with E-state index in [1.54, 1.807) is 19.1 Å². The van der Waals surface area contributed by atoms with Crippen molar-refractivity contribution in [1.82, 2.24) is 9.88 Å². The Bertz CT molecular complexity index is 619. The molecule has 1 aromatic heterocycles. The minimum absolute atomic E-state index is 0.297. The van der Waals surface area contributed by atoms with Crippen LogP contribution in [0, 0.1) is 0 Å². The zero-order chi connectivity index (χ0) is 15.2. The lowest BCUT2D eigenvalue weighted by Gasteiger charge is -2.13. The van der Waals surface area contributed by atoms with Crippen LogP contribution in [0.3, 0.4) is 0 Å². The third-order valence-corrected chi connectivity index (χ3v) is 3.16. The van der Waals surface area contributed by atoms with Crippen molar-refractivity contribution < 1.29 is 14.3 Å². The number of benzene rings is 1. The van der Waals surface area contributed by atoms with Gasteiger partial charge in [-0.1, -0.05) is 30.3 Å². The first kappa shape index (κ1) is 14.8. The summed E-state index contributed by atoms with van der Waals surface area (Å²) in [4.78, 5) is 23.6. The second-order valence-corrected chi connectivity index (χ2v) is 4.73. The number of hydrogen-bond donors (Lipinski definition) is 1. The first-order valence-corrected chi connectivity index (χ1v) is 6.69. The standard InChI is InChI=1S/C16H18N2O3/c1-12(16(20)21-2)17-15(19)14-9-6-10-18(14)11-13-7-4-3-5-8-13/h3-10,12H,11H2,1-2H3,(H,17,19). The maximum Gasteiger partial charge on any atom is 0.328 e. The van der Waals surface area contributed by atoms with Crippen molar-refractivity contribution in [1.29, 1.82) is 0 Å². The largest absolute Gasteiger partial charge is 0.467 e. The summed E-state index contributed by atoms with van der Waals surface area (Å²) in [7, 11) is 1.29. The van der Waals surface area contributed by atoms with Crippen molar-refractivity contribution in [3.63, 3.8) is 0 Å². The fraction of sp³-hybridized carbons (Fsp3) is 0.250. The average molecular weight is 286 g/mol. The number of amides is 1. The molecule has 0 spiro atoms. The summed E-state index contributed by atoms with van der Waals surface area (Å²) >= 11 is 0. The van der Waals surface area contributed by atoms with Gasteiger partial charge in [0.25, 0.3) is 5.91 Å². The van der Waals surface area contributed by atoms with E-state index in [9.17, 15) is 9.59 Å². The Morgan fingerprint density at radius 1 is 1.19 bits per heavy atom. The molecule has 1 heterocycles. The van der Waals surface area contributed by atoms with E-state index >= 15 is 0 Å². The molecule has 5 nitrogen and oxygen atoms in total. The lowest BCUT2D eigenvalue weighted by Crippen LogP contribution is -2.39. The molecule has 1 atom stereocenters. The quantitative estimate of drug-likeness (QED) is 0.853. The third-order valence-electron chi connectivity index (χ3n) is 3.16. The van der Waals surface area contributed by atoms with E-state index in [-0.39, 0.29) is 5.91 Å². The molecule has 2 rings (SSSR count). The Morgan fingerprint density at radius 2 is 1.90 bits per heavy atom. The number of rotatable bonds is 5. The van der Waals surface area contributed by atoms with E-state index < -0.39 is 12.0 Å². The van der Waals surface area contributed by atoms with Crippen LogP contribution >= 0.6 is 0 Å². The predicted octanol–water partition coefficient (Wildman–Crippen LogP) is 1.83. The first-order valence-electron chi connectivity index (χ1n) is 6.69. The molecular formula is C16H18N2O3. The molecule has 1 N–H and O–H groups in total. The Balaban J connectivity index is 2.09. The van der Waals surface area contributed by atoms with Crippen LogP contribution < -0.4 is 5.32 Å². The van der Waals surface area contributed by atoms with Gasteiger partial charge in [-0.25, -0.2) is 4.79 Å². The van der Waals surface area contributed by atoms with Gasteiger partial charge in [0.1, 0.15) is 11.7 Å². The van der Waals surface area contributed by atoms with E-state index in [1.165, 1.54) is 7.11 Å². The zero-order valence-corrected chi connectivity index (χ0v) is 12.1. The molecule has 0 fully saturated rings. The Kier molecular flexibility index (Phi) is 4.77. The Morgan fingerprint density at radius 3 is 2.57 bits per heavy atom. The molecule has 0 aliphatic heterocycles. The molecule has 0 radical (unpaired) electrons. The number of methoxy groups -OCH3 is 1. The third kappa shape index (κ3) is 3.72. The van der Waals surface area contributed by atoms with Crippen LogP contribution in [0.4, 0.5) is 0 Å². The molecule has 0 aliphatic carbocycles. The SMILES string of the molecule is COC(=O)C(C)NC(=O)c1cccn1Cc1ccccc1. The number of nitrogens with zero attached hydrogens (tertiary/aromatic N) is 1. The van der Waals surface area contributed by atoms with Crippen LogP contribution in [0.5, 0.6) is 0 Å². The molecule has 1 unspecified atom stereocenters. The highest BCUT2D eigenvalue weighted by molar-refractivity contribution is 5.95. The molecule has 1 amide bonds. The topological polar surface area (TPSA) is 60.3 Å². The number of nitrogens with one attached hydrogen (secondary N) is 1. The average Bonchev–Trinajstić information content (AvgIpc) is 2.95. The molecule has 5 heteroatoms. The van der Waals surface area contributed by atoms with Gasteiger partial charge in [0.2, 0.25) is 0 Å². The van der Waals surface area contributed by atoms with Crippen LogP contribution in [0.1, 0.15) is 23.0 Å². The van der Waals surface area contributed by atoms with Gasteiger partial charge in [0.15, 0.2) is 0 Å². The molecule has 0 aliphatic rings. The summed E-state index contributed by atoms with van der Waals surface area (Å²) < 4.78 is 6.44. The zero-order valence-electron chi connectivity index (χ0n) is 12.1. The number of aromatic nitrogens is 1. The lowest BCUT2D eigenvalue weighted by atomic mass is 10.2. The summed E-state index contributed by atoms with van der Waals surface area (Å²) in [5.74, 6) is -0.765. The predicted molar refractivity (Wildman–Crippen MR) is 78.9 cm³/mol. The summed E-state index contributed by atoms with van der Waals surface area (Å²) in [6.45, 7) is 2.19. The maximum atomic E-state index is 12.2. The minimum Gasteiger partial charge on any atom is -0.467 e. The van der Waals surface area contributed by atoms with Crippen LogP contribution in [0.15, 0.2) is 48.7 Å². The molecule has 110 valence electrons. The van der Waals surface area contributed by atoms with Crippen molar-refractivity contribution in [3.8, 4) is 0 Å². The van der Waals surface area contributed by atoms with Crippen molar-refractivity contribution >= 4 is 11.9 Å². The van der Waals surface area contributed by atoms with Crippen molar-refractivity contribution in [2.75, 3.05) is 7.11 Å². The van der Waals surface area contributed by atoms with Crippen molar-refractivity contribution in [2.45, 2.75) is 19.5 Å². The van der Waals surface area contributed by atoms with E-state index in [0.717, 1.165) is 5.56 Å². The monoisotopic (exact) mass is 286 g/mol. The van der Waals surface area contributed by atoms with Gasteiger partial charge in [0.05, 0.1) is 7.11 Å². The molecule has 0 saturated carbocycles. The molecule has 0 bridgehead atoms. The number of carbonyl (C=O) groups is 2. The smallest absolute Gasteiger partial charge is 0.328 e. The summed E-state index contributed by atoms with van der Waals surface area (Å²) in [6, 6.07) is 12.7. The molecule has 2 aromatic rings. The highest BCUT2D eigenvalue weighted by atomic mass is 16.5.